The van der Waals surface area contributed by atoms with Gasteiger partial charge in [0.15, 0.2) is 5.82 Å². The molecule has 1 saturated carbocycles. The summed E-state index contributed by atoms with van der Waals surface area (Å²) >= 11 is 0. The molecule has 0 radical (unpaired) electrons. The van der Waals surface area contributed by atoms with Crippen LogP contribution >= 0.6 is 0 Å². The average Bonchev–Trinajstić information content (AvgIpc) is 3.65. The zero-order valence-corrected chi connectivity index (χ0v) is 20.8. The predicted octanol–water partition coefficient (Wildman–Crippen LogP) is 4.50. The van der Waals surface area contributed by atoms with Crippen molar-refractivity contribution in [2.45, 2.75) is 50.9 Å². The lowest BCUT2D eigenvalue weighted by Crippen LogP contribution is -2.49. The van der Waals surface area contributed by atoms with Crippen LogP contribution in [0.5, 0.6) is 5.75 Å². The van der Waals surface area contributed by atoms with E-state index in [4.69, 9.17) is 10.1 Å². The van der Waals surface area contributed by atoms with E-state index in [9.17, 15) is 5.11 Å². The summed E-state index contributed by atoms with van der Waals surface area (Å²) in [7, 11) is 2.13. The molecule has 1 fully saturated rings. The molecular formula is C28H30N8O. The molecule has 0 bridgehead atoms. The Bertz CT molecular complexity index is 1440. The lowest BCUT2D eigenvalue weighted by atomic mass is 9.90. The molecule has 3 aliphatic rings. The van der Waals surface area contributed by atoms with Crippen molar-refractivity contribution in [3.8, 4) is 11.4 Å². The highest BCUT2D eigenvalue weighted by molar-refractivity contribution is 6.01. The molecule has 4 heterocycles. The molecule has 1 aliphatic carbocycles. The maximum absolute atomic E-state index is 9.79. The Morgan fingerprint density at radius 3 is 2.62 bits per heavy atom. The summed E-state index contributed by atoms with van der Waals surface area (Å²) in [6.07, 6.45) is 10.3. The second-order valence-corrected chi connectivity index (χ2v) is 10.2. The molecule has 2 aromatic heterocycles. The van der Waals surface area contributed by atoms with E-state index >= 15 is 0 Å². The van der Waals surface area contributed by atoms with Gasteiger partial charge in [-0.25, -0.2) is 14.7 Å². The van der Waals surface area contributed by atoms with E-state index in [2.05, 4.69) is 56.1 Å². The Morgan fingerprint density at radius 1 is 1.03 bits per heavy atom. The topological polar surface area (TPSA) is 86.7 Å². The van der Waals surface area contributed by atoms with Gasteiger partial charge in [-0.1, -0.05) is 25.0 Å². The summed E-state index contributed by atoms with van der Waals surface area (Å²) in [5.41, 5.74) is 4.33. The number of anilines is 3. The maximum Gasteiger partial charge on any atom is 0.203 e. The van der Waals surface area contributed by atoms with Gasteiger partial charge in [-0.3, -0.25) is 4.90 Å². The van der Waals surface area contributed by atoms with Crippen molar-refractivity contribution in [3.05, 3.63) is 78.4 Å². The Kier molecular flexibility index (Phi) is 5.16. The molecule has 9 heteroatoms. The van der Waals surface area contributed by atoms with Gasteiger partial charge in [0.05, 0.1) is 37.1 Å². The SMILES string of the molecule is CN1Cc2c(nn(Cc3ccc(-n4ccnc4)cc3)c2Nc2ccc(O)cc2)N2C1=N[C@H]1CCCC[C@H]12. The molecule has 7 rings (SSSR count). The van der Waals surface area contributed by atoms with Gasteiger partial charge in [-0.15, -0.1) is 0 Å². The number of nitrogens with zero attached hydrogens (tertiary/aromatic N) is 7. The lowest BCUT2D eigenvalue weighted by molar-refractivity contribution is 0.398. The molecule has 2 aliphatic heterocycles. The second kappa shape index (κ2) is 8.69. The van der Waals surface area contributed by atoms with E-state index in [-0.39, 0.29) is 5.75 Å². The van der Waals surface area contributed by atoms with Crippen molar-refractivity contribution in [1.29, 1.82) is 0 Å². The van der Waals surface area contributed by atoms with Crippen molar-refractivity contribution < 1.29 is 5.11 Å². The number of aromatic nitrogens is 4. The number of guanidine groups is 1. The number of aliphatic imine (C=N–C) groups is 1. The van der Waals surface area contributed by atoms with Crippen LogP contribution in [0.4, 0.5) is 17.3 Å². The van der Waals surface area contributed by atoms with Crippen LogP contribution in [0.25, 0.3) is 5.69 Å². The quantitative estimate of drug-likeness (QED) is 0.398. The largest absolute Gasteiger partial charge is 0.508 e. The van der Waals surface area contributed by atoms with Gasteiger partial charge in [-0.05, 0) is 54.8 Å². The average molecular weight is 495 g/mol. The first-order valence-corrected chi connectivity index (χ1v) is 13.0. The predicted molar refractivity (Wildman–Crippen MR) is 144 cm³/mol. The molecule has 0 spiro atoms. The van der Waals surface area contributed by atoms with Gasteiger partial charge < -0.3 is 19.9 Å². The fourth-order valence-electron chi connectivity index (χ4n) is 5.86. The Labute approximate surface area is 215 Å². The first-order chi connectivity index (χ1) is 18.1. The second-order valence-electron chi connectivity index (χ2n) is 10.2. The Hall–Kier alpha value is -4.27. The monoisotopic (exact) mass is 494 g/mol. The number of fused-ring (bicyclic) bond motifs is 5. The van der Waals surface area contributed by atoms with E-state index in [1.54, 1.807) is 24.7 Å². The molecule has 2 N–H and O–H groups in total. The molecule has 0 unspecified atom stereocenters. The van der Waals surface area contributed by atoms with E-state index in [1.807, 2.05) is 22.9 Å². The Morgan fingerprint density at radius 2 is 1.84 bits per heavy atom. The smallest absolute Gasteiger partial charge is 0.203 e. The molecule has 0 saturated heterocycles. The van der Waals surface area contributed by atoms with E-state index in [1.165, 1.54) is 18.4 Å². The molecule has 2 atom stereocenters. The van der Waals surface area contributed by atoms with Crippen molar-refractivity contribution in [2.75, 3.05) is 17.3 Å². The summed E-state index contributed by atoms with van der Waals surface area (Å²) in [6.45, 7) is 1.37. The lowest BCUT2D eigenvalue weighted by Gasteiger charge is -2.37. The van der Waals surface area contributed by atoms with Crippen LogP contribution in [0.3, 0.4) is 0 Å². The number of hydrogen-bond donors (Lipinski definition) is 2. The highest BCUT2D eigenvalue weighted by atomic mass is 16.3. The number of phenolic OH excluding ortho intramolecular Hbond substituents is 1. The fraction of sp³-hybridized carbons (Fsp3) is 0.321. The number of aromatic hydroxyl groups is 1. The minimum Gasteiger partial charge on any atom is -0.508 e. The van der Waals surface area contributed by atoms with Crippen LogP contribution in [0.2, 0.25) is 0 Å². The number of imidazole rings is 1. The molecule has 9 nitrogen and oxygen atoms in total. The number of hydrogen-bond acceptors (Lipinski definition) is 7. The summed E-state index contributed by atoms with van der Waals surface area (Å²) < 4.78 is 4.08. The highest BCUT2D eigenvalue weighted by Gasteiger charge is 2.45. The zero-order valence-electron chi connectivity index (χ0n) is 20.8. The molecule has 37 heavy (non-hydrogen) atoms. The van der Waals surface area contributed by atoms with E-state index in [0.29, 0.717) is 18.6 Å². The first-order valence-electron chi connectivity index (χ1n) is 13.0. The maximum atomic E-state index is 9.79. The van der Waals surface area contributed by atoms with Crippen molar-refractivity contribution >= 4 is 23.3 Å². The van der Waals surface area contributed by atoms with Crippen molar-refractivity contribution in [2.24, 2.45) is 4.99 Å². The van der Waals surface area contributed by atoms with Gasteiger partial charge in [0.25, 0.3) is 0 Å². The van der Waals surface area contributed by atoms with Crippen molar-refractivity contribution in [1.82, 2.24) is 24.2 Å². The molecule has 0 amide bonds. The van der Waals surface area contributed by atoms with Gasteiger partial charge in [0.2, 0.25) is 5.96 Å². The molecular weight excluding hydrogens is 464 g/mol. The van der Waals surface area contributed by atoms with Crippen molar-refractivity contribution in [3.63, 3.8) is 0 Å². The summed E-state index contributed by atoms with van der Waals surface area (Å²) in [4.78, 5) is 13.9. The van der Waals surface area contributed by atoms with Crippen LogP contribution in [0.1, 0.15) is 36.8 Å². The van der Waals surface area contributed by atoms with Crippen LogP contribution in [-0.4, -0.2) is 54.4 Å². The normalized spacial score (nSPS) is 20.3. The Balaban J connectivity index is 1.28. The van der Waals surface area contributed by atoms with Crippen LogP contribution < -0.4 is 10.2 Å². The summed E-state index contributed by atoms with van der Waals surface area (Å²) in [6, 6.07) is 16.4. The van der Waals surface area contributed by atoms with E-state index in [0.717, 1.165) is 53.9 Å². The number of benzene rings is 2. The van der Waals surface area contributed by atoms with Gasteiger partial charge in [-0.2, -0.15) is 5.10 Å². The van der Waals surface area contributed by atoms with Crippen LogP contribution in [0, 0.1) is 0 Å². The number of nitrogens with one attached hydrogen (secondary N) is 1. The minimum absolute atomic E-state index is 0.250. The standard InChI is InChI=1S/C28H30N8O/c1-33-17-23-26(30-20-8-12-22(37)13-9-20)35(16-19-6-10-21(11-7-19)34-15-14-29-18-34)32-27(23)36-25-5-3-2-4-24(25)31-28(33)36/h6-15,18,24-25,30,37H,2-5,16-17H2,1H3/t24-,25+/m0/s1. The van der Waals surface area contributed by atoms with Crippen LogP contribution in [-0.2, 0) is 13.1 Å². The molecule has 4 aromatic rings. The van der Waals surface area contributed by atoms with E-state index < -0.39 is 0 Å². The zero-order chi connectivity index (χ0) is 24.9. The third-order valence-electron chi connectivity index (χ3n) is 7.72. The number of phenols is 1. The fourth-order valence-corrected chi connectivity index (χ4v) is 5.86. The summed E-state index contributed by atoms with van der Waals surface area (Å²) in [5, 5.41) is 18.6. The molecule has 188 valence electrons. The first kappa shape index (κ1) is 22.0. The minimum atomic E-state index is 0.250. The third kappa shape index (κ3) is 3.82. The number of rotatable bonds is 5. The summed E-state index contributed by atoms with van der Waals surface area (Å²) in [5.74, 6) is 3.29. The van der Waals surface area contributed by atoms with Crippen LogP contribution in [0.15, 0.2) is 72.2 Å². The highest BCUT2D eigenvalue weighted by Crippen LogP contribution is 2.42. The van der Waals surface area contributed by atoms with Gasteiger partial charge >= 0.3 is 0 Å². The molecule has 2 aromatic carbocycles. The van der Waals surface area contributed by atoms with Gasteiger partial charge in [0.1, 0.15) is 11.6 Å². The third-order valence-corrected chi connectivity index (χ3v) is 7.72. The van der Waals surface area contributed by atoms with Gasteiger partial charge in [0, 0.05) is 30.8 Å².